The van der Waals surface area contributed by atoms with Crippen LogP contribution in [0.25, 0.3) is 0 Å². The average molecular weight is 280 g/mol. The molecular formula is C14H20N2O4. The second kappa shape index (κ2) is 6.47. The lowest BCUT2D eigenvalue weighted by Gasteiger charge is -2.18. The molecule has 0 saturated carbocycles. The zero-order chi connectivity index (χ0) is 15.3. The number of carbonyl (C=O) groups is 1. The predicted molar refractivity (Wildman–Crippen MR) is 75.8 cm³/mol. The van der Waals surface area contributed by atoms with Gasteiger partial charge in [0.15, 0.2) is 0 Å². The van der Waals surface area contributed by atoms with Crippen LogP contribution in [0.4, 0.5) is 5.69 Å². The van der Waals surface area contributed by atoms with E-state index in [0.29, 0.717) is 12.1 Å². The third-order valence-electron chi connectivity index (χ3n) is 2.91. The molecule has 0 amide bonds. The van der Waals surface area contributed by atoms with Crippen LogP contribution in [0.2, 0.25) is 0 Å². The van der Waals surface area contributed by atoms with Crippen molar-refractivity contribution in [1.82, 2.24) is 5.32 Å². The van der Waals surface area contributed by atoms with Gasteiger partial charge in [-0.1, -0.05) is 32.9 Å². The van der Waals surface area contributed by atoms with Crippen LogP contribution in [0, 0.1) is 15.5 Å². The SMILES string of the molecule is CC(C)(C)CCNCc1cccc([N+](=O)[O-])c1C(=O)O. The van der Waals surface area contributed by atoms with Gasteiger partial charge in [0, 0.05) is 12.6 Å². The number of carboxylic acid groups (broad SMARTS) is 1. The Morgan fingerprint density at radius 1 is 1.40 bits per heavy atom. The largest absolute Gasteiger partial charge is 0.477 e. The molecule has 20 heavy (non-hydrogen) atoms. The van der Waals surface area contributed by atoms with Gasteiger partial charge in [-0.25, -0.2) is 4.79 Å². The fourth-order valence-corrected chi connectivity index (χ4v) is 1.82. The van der Waals surface area contributed by atoms with Crippen molar-refractivity contribution < 1.29 is 14.8 Å². The van der Waals surface area contributed by atoms with Crippen LogP contribution in [0.3, 0.4) is 0 Å². The van der Waals surface area contributed by atoms with Crippen LogP contribution in [0.1, 0.15) is 43.1 Å². The molecule has 1 aromatic carbocycles. The van der Waals surface area contributed by atoms with Gasteiger partial charge in [0.2, 0.25) is 0 Å². The molecule has 0 radical (unpaired) electrons. The molecule has 0 spiro atoms. The summed E-state index contributed by atoms with van der Waals surface area (Å²) in [5, 5.41) is 23.1. The molecule has 0 aliphatic rings. The van der Waals surface area contributed by atoms with Gasteiger partial charge in [-0.05, 0) is 23.9 Å². The van der Waals surface area contributed by atoms with E-state index in [4.69, 9.17) is 5.11 Å². The highest BCUT2D eigenvalue weighted by Crippen LogP contribution is 2.22. The van der Waals surface area contributed by atoms with E-state index in [1.165, 1.54) is 12.1 Å². The molecule has 0 heterocycles. The maximum atomic E-state index is 11.2. The summed E-state index contributed by atoms with van der Waals surface area (Å²) in [4.78, 5) is 21.4. The van der Waals surface area contributed by atoms with Gasteiger partial charge in [0.25, 0.3) is 5.69 Å². The number of aromatic carboxylic acids is 1. The Kier molecular flexibility index (Phi) is 5.21. The first-order valence-corrected chi connectivity index (χ1v) is 6.42. The molecule has 6 nitrogen and oxygen atoms in total. The van der Waals surface area contributed by atoms with Crippen molar-refractivity contribution in [3.63, 3.8) is 0 Å². The molecule has 0 aliphatic carbocycles. The Balaban J connectivity index is 2.82. The van der Waals surface area contributed by atoms with Crippen LogP contribution in [0.5, 0.6) is 0 Å². The number of nitrogens with zero attached hydrogens (tertiary/aromatic N) is 1. The van der Waals surface area contributed by atoms with Crippen molar-refractivity contribution in [3.05, 3.63) is 39.4 Å². The number of nitro benzene ring substituents is 1. The van der Waals surface area contributed by atoms with E-state index in [1.54, 1.807) is 6.07 Å². The lowest BCUT2D eigenvalue weighted by atomic mass is 9.92. The zero-order valence-electron chi connectivity index (χ0n) is 12.0. The van der Waals surface area contributed by atoms with Gasteiger partial charge in [-0.15, -0.1) is 0 Å². The summed E-state index contributed by atoms with van der Waals surface area (Å²) in [5.41, 5.74) is 0.0136. The summed E-state index contributed by atoms with van der Waals surface area (Å²) in [6.07, 6.45) is 0.935. The normalized spacial score (nSPS) is 11.3. The van der Waals surface area contributed by atoms with Crippen LogP contribution in [-0.2, 0) is 6.54 Å². The lowest BCUT2D eigenvalue weighted by Crippen LogP contribution is -2.21. The van der Waals surface area contributed by atoms with Crippen molar-refractivity contribution in [1.29, 1.82) is 0 Å². The standard InChI is InChI=1S/C14H20N2O4/c1-14(2,3)7-8-15-9-10-5-4-6-11(16(19)20)12(10)13(17)18/h4-6,15H,7-9H2,1-3H3,(H,17,18). The predicted octanol–water partition coefficient (Wildman–Crippen LogP) is 2.82. The molecule has 0 unspecified atom stereocenters. The molecule has 2 N–H and O–H groups in total. The Morgan fingerprint density at radius 2 is 2.05 bits per heavy atom. The number of nitro groups is 1. The third-order valence-corrected chi connectivity index (χ3v) is 2.91. The van der Waals surface area contributed by atoms with Gasteiger partial charge >= 0.3 is 5.97 Å². The third kappa shape index (κ3) is 4.62. The monoisotopic (exact) mass is 280 g/mol. The summed E-state index contributed by atoms with van der Waals surface area (Å²) in [6.45, 7) is 7.38. The Morgan fingerprint density at radius 3 is 2.55 bits per heavy atom. The molecular weight excluding hydrogens is 260 g/mol. The van der Waals surface area contributed by atoms with Crippen molar-refractivity contribution in [2.24, 2.45) is 5.41 Å². The first-order valence-electron chi connectivity index (χ1n) is 6.42. The Bertz CT molecular complexity index is 506. The van der Waals surface area contributed by atoms with Crippen molar-refractivity contribution >= 4 is 11.7 Å². The molecule has 0 bridgehead atoms. The average Bonchev–Trinajstić information content (AvgIpc) is 2.32. The van der Waals surface area contributed by atoms with Gasteiger partial charge in [-0.2, -0.15) is 0 Å². The van der Waals surface area contributed by atoms with Crippen LogP contribution in [0.15, 0.2) is 18.2 Å². The van der Waals surface area contributed by atoms with Crippen molar-refractivity contribution in [2.75, 3.05) is 6.54 Å². The van der Waals surface area contributed by atoms with Gasteiger partial charge in [0.05, 0.1) is 4.92 Å². The van der Waals surface area contributed by atoms with Crippen molar-refractivity contribution in [2.45, 2.75) is 33.7 Å². The smallest absolute Gasteiger partial charge is 0.343 e. The number of rotatable bonds is 6. The molecule has 6 heteroatoms. The van der Waals surface area contributed by atoms with E-state index in [-0.39, 0.29) is 16.7 Å². The molecule has 1 rings (SSSR count). The highest BCUT2D eigenvalue weighted by molar-refractivity contribution is 5.94. The van der Waals surface area contributed by atoms with E-state index in [9.17, 15) is 14.9 Å². The minimum Gasteiger partial charge on any atom is -0.477 e. The van der Waals surface area contributed by atoms with E-state index >= 15 is 0 Å². The van der Waals surface area contributed by atoms with Crippen molar-refractivity contribution in [3.8, 4) is 0 Å². The van der Waals surface area contributed by atoms with E-state index in [2.05, 4.69) is 26.1 Å². The number of benzene rings is 1. The van der Waals surface area contributed by atoms with E-state index in [0.717, 1.165) is 13.0 Å². The molecule has 0 saturated heterocycles. The second-order valence-electron chi connectivity index (χ2n) is 5.86. The number of hydrogen-bond donors (Lipinski definition) is 2. The van der Waals surface area contributed by atoms with Crippen LogP contribution < -0.4 is 5.32 Å². The summed E-state index contributed by atoms with van der Waals surface area (Å²) >= 11 is 0. The minimum absolute atomic E-state index is 0.186. The summed E-state index contributed by atoms with van der Waals surface area (Å²) < 4.78 is 0. The maximum Gasteiger partial charge on any atom is 0.343 e. The highest BCUT2D eigenvalue weighted by atomic mass is 16.6. The van der Waals surface area contributed by atoms with Gasteiger partial charge in [-0.3, -0.25) is 10.1 Å². The lowest BCUT2D eigenvalue weighted by molar-refractivity contribution is -0.385. The summed E-state index contributed by atoms with van der Waals surface area (Å²) in [7, 11) is 0. The quantitative estimate of drug-likeness (QED) is 0.475. The fraction of sp³-hybridized carbons (Fsp3) is 0.500. The maximum absolute atomic E-state index is 11.2. The van der Waals surface area contributed by atoms with Crippen LogP contribution in [-0.4, -0.2) is 22.5 Å². The molecule has 110 valence electrons. The number of hydrogen-bond acceptors (Lipinski definition) is 4. The first-order chi connectivity index (χ1) is 9.22. The minimum atomic E-state index is -1.27. The van der Waals surface area contributed by atoms with E-state index in [1.807, 2.05) is 0 Å². The van der Waals surface area contributed by atoms with Gasteiger partial charge < -0.3 is 10.4 Å². The number of nitrogens with one attached hydrogen (secondary N) is 1. The second-order valence-corrected chi connectivity index (χ2v) is 5.86. The Hall–Kier alpha value is -1.95. The first kappa shape index (κ1) is 16.1. The Labute approximate surface area is 118 Å². The molecule has 0 fully saturated rings. The number of carboxylic acids is 1. The van der Waals surface area contributed by atoms with E-state index < -0.39 is 10.9 Å². The molecule has 0 atom stereocenters. The summed E-state index contributed by atoms with van der Waals surface area (Å²) in [5.74, 6) is -1.27. The molecule has 0 aliphatic heterocycles. The van der Waals surface area contributed by atoms with Crippen LogP contribution >= 0.6 is 0 Å². The zero-order valence-corrected chi connectivity index (χ0v) is 12.0. The fourth-order valence-electron chi connectivity index (χ4n) is 1.82. The topological polar surface area (TPSA) is 92.5 Å². The highest BCUT2D eigenvalue weighted by Gasteiger charge is 2.23. The molecule has 1 aromatic rings. The summed E-state index contributed by atoms with van der Waals surface area (Å²) in [6, 6.07) is 4.31. The molecule has 0 aromatic heterocycles. The van der Waals surface area contributed by atoms with Gasteiger partial charge in [0.1, 0.15) is 5.56 Å².